The van der Waals surface area contributed by atoms with E-state index in [1.54, 1.807) is 6.20 Å². The molecule has 7 heteroatoms. The molecule has 1 atom stereocenters. The van der Waals surface area contributed by atoms with Crippen molar-refractivity contribution in [3.05, 3.63) is 52.8 Å². The van der Waals surface area contributed by atoms with E-state index in [0.717, 1.165) is 15.7 Å². The molecule has 0 saturated heterocycles. The van der Waals surface area contributed by atoms with Crippen LogP contribution in [0.1, 0.15) is 18.8 Å². The molecule has 0 aliphatic carbocycles. The van der Waals surface area contributed by atoms with Crippen LogP contribution in [0.5, 0.6) is 0 Å². The van der Waals surface area contributed by atoms with Gasteiger partial charge in [0.2, 0.25) is 5.76 Å². The molecule has 0 spiro atoms. The second kappa shape index (κ2) is 6.87. The Morgan fingerprint density at radius 3 is 2.83 bits per heavy atom. The fourth-order valence-corrected chi connectivity index (χ4v) is 2.42. The number of halogens is 1. The largest absolute Gasteiger partial charge is 0.494 e. The fraction of sp³-hybridized carbons (Fsp3) is 0.250. The molecule has 2 heterocycles. The quantitative estimate of drug-likeness (QED) is 0.858. The third-order valence-electron chi connectivity index (χ3n) is 3.38. The summed E-state index contributed by atoms with van der Waals surface area (Å²) in [4.78, 5) is 19.6. The van der Waals surface area contributed by atoms with Crippen molar-refractivity contribution in [1.82, 2.24) is 15.3 Å². The zero-order valence-corrected chi connectivity index (χ0v) is 14.1. The standard InChI is InChI=1S/C16H16BrN3O3/c1-10(19-16(21)14-9-22-6-7-23-14)15-18-8-13(20-15)11-2-4-12(17)5-3-11/h2-5,8-10H,6-7H2,1H3,(H,18,20)(H,19,21)/t10-/m1/s1. The van der Waals surface area contributed by atoms with E-state index in [-0.39, 0.29) is 17.7 Å². The van der Waals surface area contributed by atoms with Crippen LogP contribution in [-0.4, -0.2) is 29.1 Å². The summed E-state index contributed by atoms with van der Waals surface area (Å²) in [6.07, 6.45) is 3.08. The van der Waals surface area contributed by atoms with Crippen molar-refractivity contribution in [3.63, 3.8) is 0 Å². The smallest absolute Gasteiger partial charge is 0.290 e. The van der Waals surface area contributed by atoms with Crippen molar-refractivity contribution in [2.75, 3.05) is 13.2 Å². The lowest BCUT2D eigenvalue weighted by Gasteiger charge is -2.17. The molecule has 0 saturated carbocycles. The van der Waals surface area contributed by atoms with E-state index in [2.05, 4.69) is 31.2 Å². The van der Waals surface area contributed by atoms with Crippen LogP contribution in [0.2, 0.25) is 0 Å². The van der Waals surface area contributed by atoms with E-state index in [1.165, 1.54) is 6.26 Å². The topological polar surface area (TPSA) is 76.2 Å². The van der Waals surface area contributed by atoms with Gasteiger partial charge in [-0.15, -0.1) is 0 Å². The lowest BCUT2D eigenvalue weighted by Crippen LogP contribution is -2.31. The van der Waals surface area contributed by atoms with Gasteiger partial charge >= 0.3 is 0 Å². The van der Waals surface area contributed by atoms with Crippen LogP contribution in [0.25, 0.3) is 11.3 Å². The predicted molar refractivity (Wildman–Crippen MR) is 88.3 cm³/mol. The molecule has 3 rings (SSSR count). The zero-order valence-electron chi connectivity index (χ0n) is 12.5. The van der Waals surface area contributed by atoms with Crippen LogP contribution in [0, 0.1) is 0 Å². The van der Waals surface area contributed by atoms with Crippen molar-refractivity contribution in [2.45, 2.75) is 13.0 Å². The molecule has 6 nitrogen and oxygen atoms in total. The monoisotopic (exact) mass is 377 g/mol. The van der Waals surface area contributed by atoms with E-state index in [1.807, 2.05) is 31.2 Å². The number of nitrogens with zero attached hydrogens (tertiary/aromatic N) is 1. The van der Waals surface area contributed by atoms with Crippen LogP contribution in [0.15, 0.2) is 47.0 Å². The third kappa shape index (κ3) is 3.73. The number of hydrogen-bond acceptors (Lipinski definition) is 4. The molecule has 2 aromatic rings. The first-order valence-corrected chi connectivity index (χ1v) is 7.99. The highest BCUT2D eigenvalue weighted by Gasteiger charge is 2.19. The number of aromatic amines is 1. The van der Waals surface area contributed by atoms with Crippen LogP contribution < -0.4 is 5.32 Å². The first-order chi connectivity index (χ1) is 11.1. The van der Waals surface area contributed by atoms with E-state index in [0.29, 0.717) is 19.0 Å². The van der Waals surface area contributed by atoms with Gasteiger partial charge < -0.3 is 19.8 Å². The highest BCUT2D eigenvalue weighted by Crippen LogP contribution is 2.21. The predicted octanol–water partition coefficient (Wildman–Crippen LogP) is 2.90. The second-order valence-electron chi connectivity index (χ2n) is 5.09. The number of hydrogen-bond donors (Lipinski definition) is 2. The minimum atomic E-state index is -0.321. The summed E-state index contributed by atoms with van der Waals surface area (Å²) in [5, 5.41) is 2.83. The normalized spacial score (nSPS) is 15.1. The number of amides is 1. The number of imidazole rings is 1. The molecule has 1 aromatic heterocycles. The first kappa shape index (κ1) is 15.6. The summed E-state index contributed by atoms with van der Waals surface area (Å²) < 4.78 is 11.4. The number of carbonyl (C=O) groups excluding carboxylic acids is 1. The summed E-state index contributed by atoms with van der Waals surface area (Å²) in [5.41, 5.74) is 1.92. The number of aromatic nitrogens is 2. The molecule has 0 unspecified atom stereocenters. The van der Waals surface area contributed by atoms with Crippen LogP contribution in [0.4, 0.5) is 0 Å². The van der Waals surface area contributed by atoms with Crippen LogP contribution in [0.3, 0.4) is 0 Å². The van der Waals surface area contributed by atoms with Crippen molar-refractivity contribution < 1.29 is 14.3 Å². The van der Waals surface area contributed by atoms with Gasteiger partial charge in [-0.3, -0.25) is 4.79 Å². The molecular weight excluding hydrogens is 362 g/mol. The van der Waals surface area contributed by atoms with E-state index in [4.69, 9.17) is 9.47 Å². The second-order valence-corrected chi connectivity index (χ2v) is 6.00. The van der Waals surface area contributed by atoms with E-state index in [9.17, 15) is 4.79 Å². The summed E-state index contributed by atoms with van der Waals surface area (Å²) in [6.45, 7) is 2.69. The summed E-state index contributed by atoms with van der Waals surface area (Å²) in [7, 11) is 0. The van der Waals surface area contributed by atoms with Gasteiger partial charge in [0.1, 0.15) is 25.3 Å². The maximum absolute atomic E-state index is 12.1. The number of H-pyrrole nitrogens is 1. The maximum atomic E-state index is 12.1. The SMILES string of the molecule is C[C@@H](NC(=O)C1=COCCO1)c1ncc(-c2ccc(Br)cc2)[nH]1. The minimum Gasteiger partial charge on any atom is -0.494 e. The number of rotatable bonds is 4. The van der Waals surface area contributed by atoms with Gasteiger partial charge in [0.05, 0.1) is 17.9 Å². The van der Waals surface area contributed by atoms with Crippen molar-refractivity contribution in [2.24, 2.45) is 0 Å². The summed E-state index contributed by atoms with van der Waals surface area (Å²) in [5.74, 6) is 0.537. The Balaban J connectivity index is 1.68. The molecule has 1 aromatic carbocycles. The Morgan fingerprint density at radius 1 is 1.35 bits per heavy atom. The lowest BCUT2D eigenvalue weighted by molar-refractivity contribution is -0.123. The number of benzene rings is 1. The Morgan fingerprint density at radius 2 is 2.13 bits per heavy atom. The van der Waals surface area contributed by atoms with Crippen LogP contribution >= 0.6 is 15.9 Å². The molecular formula is C16H16BrN3O3. The third-order valence-corrected chi connectivity index (χ3v) is 3.91. The van der Waals surface area contributed by atoms with Crippen molar-refractivity contribution in [1.29, 1.82) is 0 Å². The molecule has 0 radical (unpaired) electrons. The Kier molecular flexibility index (Phi) is 4.66. The Labute approximate surface area is 142 Å². The fourth-order valence-electron chi connectivity index (χ4n) is 2.16. The minimum absolute atomic E-state index is 0.183. The summed E-state index contributed by atoms with van der Waals surface area (Å²) in [6, 6.07) is 7.63. The van der Waals surface area contributed by atoms with Gasteiger partial charge in [-0.2, -0.15) is 0 Å². The first-order valence-electron chi connectivity index (χ1n) is 7.20. The Bertz CT molecular complexity index is 724. The van der Waals surface area contributed by atoms with Crippen LogP contribution in [-0.2, 0) is 14.3 Å². The van der Waals surface area contributed by atoms with Gasteiger partial charge in [0.25, 0.3) is 5.91 Å². The lowest BCUT2D eigenvalue weighted by atomic mass is 10.2. The highest BCUT2D eigenvalue weighted by molar-refractivity contribution is 9.10. The van der Waals surface area contributed by atoms with Gasteiger partial charge in [0.15, 0.2) is 0 Å². The van der Waals surface area contributed by atoms with Gasteiger partial charge in [-0.1, -0.05) is 28.1 Å². The van der Waals surface area contributed by atoms with Crippen molar-refractivity contribution >= 4 is 21.8 Å². The molecule has 0 fully saturated rings. The maximum Gasteiger partial charge on any atom is 0.290 e. The average molecular weight is 378 g/mol. The summed E-state index contributed by atoms with van der Waals surface area (Å²) >= 11 is 3.41. The van der Waals surface area contributed by atoms with Gasteiger partial charge in [-0.25, -0.2) is 4.98 Å². The van der Waals surface area contributed by atoms with E-state index >= 15 is 0 Å². The number of ether oxygens (including phenoxy) is 2. The number of nitrogens with one attached hydrogen (secondary N) is 2. The molecule has 1 aliphatic heterocycles. The Hall–Kier alpha value is -2.28. The van der Waals surface area contributed by atoms with Gasteiger partial charge in [-0.05, 0) is 24.6 Å². The highest BCUT2D eigenvalue weighted by atomic mass is 79.9. The average Bonchev–Trinajstić information content (AvgIpc) is 3.06. The molecule has 2 N–H and O–H groups in total. The molecule has 0 bridgehead atoms. The van der Waals surface area contributed by atoms with Crippen molar-refractivity contribution in [3.8, 4) is 11.3 Å². The zero-order chi connectivity index (χ0) is 16.2. The molecule has 23 heavy (non-hydrogen) atoms. The molecule has 1 aliphatic rings. The molecule has 1 amide bonds. The molecule has 120 valence electrons. The van der Waals surface area contributed by atoms with E-state index < -0.39 is 0 Å². The van der Waals surface area contributed by atoms with Gasteiger partial charge in [0, 0.05) is 4.47 Å². The number of carbonyl (C=O) groups is 1.